The molecule has 4 N–H and O–H groups in total. The van der Waals surface area contributed by atoms with Gasteiger partial charge in [-0.05, 0) is 56.3 Å². The summed E-state index contributed by atoms with van der Waals surface area (Å²) in [4.78, 5) is 26.8. The fourth-order valence-electron chi connectivity index (χ4n) is 4.17. The molecule has 0 spiro atoms. The van der Waals surface area contributed by atoms with Crippen molar-refractivity contribution < 1.29 is 18.0 Å². The Kier molecular flexibility index (Phi) is 7.03. The average molecular weight is 547 g/mol. The first-order valence-electron chi connectivity index (χ1n) is 11.1. The number of rotatable bonds is 6. The molecule has 1 aliphatic heterocycles. The summed E-state index contributed by atoms with van der Waals surface area (Å²) >= 11 is 12.7. The van der Waals surface area contributed by atoms with Crippen LogP contribution in [0.2, 0.25) is 10.0 Å². The van der Waals surface area contributed by atoms with Gasteiger partial charge in [0.2, 0.25) is 9.84 Å². The first kappa shape index (κ1) is 26.0. The van der Waals surface area contributed by atoms with Gasteiger partial charge in [-0.15, -0.1) is 0 Å². The fraction of sp³-hybridized carbons (Fsp3) is 0.200. The molecule has 1 atom stereocenters. The second-order valence-corrected chi connectivity index (χ2v) is 11.0. The highest BCUT2D eigenvalue weighted by Gasteiger charge is 2.48. The highest BCUT2D eigenvalue weighted by atomic mass is 35.5. The van der Waals surface area contributed by atoms with Crippen molar-refractivity contribution in [1.29, 1.82) is 0 Å². The fourth-order valence-corrected chi connectivity index (χ4v) is 6.20. The SMILES string of the molecule is CCN(CC)C(=O)Nc1ccc(S(=O)(=O)c2cc(Cl)cc3c2NC(=O)C3(N)c2ccccc2Cl)cc1. The summed E-state index contributed by atoms with van der Waals surface area (Å²) < 4.78 is 27.3. The number of carbonyl (C=O) groups excluding carboxylic acids is 2. The molecule has 3 aromatic rings. The van der Waals surface area contributed by atoms with E-state index in [0.717, 1.165) is 0 Å². The number of nitrogens with one attached hydrogen (secondary N) is 2. The smallest absolute Gasteiger partial charge is 0.321 e. The molecule has 188 valence electrons. The van der Waals surface area contributed by atoms with E-state index in [0.29, 0.717) is 24.3 Å². The Morgan fingerprint density at radius 2 is 1.67 bits per heavy atom. The van der Waals surface area contributed by atoms with Gasteiger partial charge in [0, 0.05) is 39.9 Å². The lowest BCUT2D eigenvalue weighted by Crippen LogP contribution is -2.44. The van der Waals surface area contributed by atoms with Gasteiger partial charge in [0.25, 0.3) is 5.91 Å². The Hall–Kier alpha value is -3.11. The molecule has 4 rings (SSSR count). The summed E-state index contributed by atoms with van der Waals surface area (Å²) in [5, 5.41) is 5.71. The largest absolute Gasteiger partial charge is 0.325 e. The van der Waals surface area contributed by atoms with Crippen LogP contribution in [-0.2, 0) is 20.2 Å². The number of hydrogen-bond donors (Lipinski definition) is 3. The summed E-state index contributed by atoms with van der Waals surface area (Å²) in [6.45, 7) is 4.81. The van der Waals surface area contributed by atoms with E-state index in [1.54, 1.807) is 29.2 Å². The molecule has 1 heterocycles. The molecule has 0 fully saturated rings. The van der Waals surface area contributed by atoms with Gasteiger partial charge < -0.3 is 21.3 Å². The summed E-state index contributed by atoms with van der Waals surface area (Å²) in [5.41, 5.74) is 5.85. The monoisotopic (exact) mass is 546 g/mol. The summed E-state index contributed by atoms with van der Waals surface area (Å²) in [6, 6.07) is 14.8. The quantitative estimate of drug-likeness (QED) is 0.407. The van der Waals surface area contributed by atoms with Gasteiger partial charge in [0.15, 0.2) is 5.54 Å². The number of carbonyl (C=O) groups is 2. The minimum absolute atomic E-state index is 0.0469. The van der Waals surface area contributed by atoms with Crippen LogP contribution in [0.4, 0.5) is 16.2 Å². The van der Waals surface area contributed by atoms with Gasteiger partial charge >= 0.3 is 6.03 Å². The first-order valence-corrected chi connectivity index (χ1v) is 13.4. The van der Waals surface area contributed by atoms with Crippen molar-refractivity contribution >= 4 is 56.4 Å². The topological polar surface area (TPSA) is 122 Å². The van der Waals surface area contributed by atoms with E-state index in [-0.39, 0.29) is 37.1 Å². The number of amides is 3. The number of hydrogen-bond acceptors (Lipinski definition) is 5. The van der Waals surface area contributed by atoms with E-state index < -0.39 is 21.3 Å². The van der Waals surface area contributed by atoms with Crippen molar-refractivity contribution in [3.05, 3.63) is 81.8 Å². The van der Waals surface area contributed by atoms with Crippen LogP contribution in [-0.4, -0.2) is 38.3 Å². The Labute approximate surface area is 219 Å². The van der Waals surface area contributed by atoms with Crippen molar-refractivity contribution in [3.8, 4) is 0 Å². The number of nitrogens with zero attached hydrogens (tertiary/aromatic N) is 1. The van der Waals surface area contributed by atoms with Crippen LogP contribution in [0.25, 0.3) is 0 Å². The predicted molar refractivity (Wildman–Crippen MR) is 140 cm³/mol. The standard InChI is InChI=1S/C25H24Cl2N4O4S/c1-3-31(4-2)24(33)29-16-9-11-17(12-10-16)36(34,35)21-14-15(26)13-19-22(21)30-23(32)25(19,28)18-7-5-6-8-20(18)27/h5-14H,3-4,28H2,1-2H3,(H,29,33)(H,30,32). The number of urea groups is 1. The second kappa shape index (κ2) is 9.74. The number of nitrogens with two attached hydrogens (primary N) is 1. The molecule has 11 heteroatoms. The number of sulfone groups is 1. The van der Waals surface area contributed by atoms with Gasteiger partial charge in [-0.2, -0.15) is 0 Å². The molecular weight excluding hydrogens is 523 g/mol. The van der Waals surface area contributed by atoms with Crippen molar-refractivity contribution in [3.63, 3.8) is 0 Å². The van der Waals surface area contributed by atoms with Crippen LogP contribution in [0.3, 0.4) is 0 Å². The highest BCUT2D eigenvalue weighted by Crippen LogP contribution is 2.46. The van der Waals surface area contributed by atoms with Crippen LogP contribution in [0.5, 0.6) is 0 Å². The Morgan fingerprint density at radius 1 is 1.03 bits per heavy atom. The van der Waals surface area contributed by atoms with E-state index in [1.807, 2.05) is 13.8 Å². The minimum atomic E-state index is -4.13. The van der Waals surface area contributed by atoms with E-state index in [9.17, 15) is 18.0 Å². The average Bonchev–Trinajstić information content (AvgIpc) is 3.10. The third-order valence-electron chi connectivity index (χ3n) is 6.14. The molecule has 36 heavy (non-hydrogen) atoms. The third kappa shape index (κ3) is 4.32. The lowest BCUT2D eigenvalue weighted by Gasteiger charge is -2.24. The second-order valence-electron chi connectivity index (χ2n) is 8.20. The summed E-state index contributed by atoms with van der Waals surface area (Å²) in [7, 11) is -4.13. The molecule has 0 radical (unpaired) electrons. The molecule has 8 nitrogen and oxygen atoms in total. The molecule has 0 aromatic heterocycles. The van der Waals surface area contributed by atoms with Crippen molar-refractivity contribution in [2.75, 3.05) is 23.7 Å². The van der Waals surface area contributed by atoms with Crippen molar-refractivity contribution in [1.82, 2.24) is 4.90 Å². The van der Waals surface area contributed by atoms with Crippen LogP contribution in [0.15, 0.2) is 70.5 Å². The maximum atomic E-state index is 13.6. The molecule has 1 unspecified atom stereocenters. The number of anilines is 2. The Morgan fingerprint density at radius 3 is 2.28 bits per heavy atom. The van der Waals surface area contributed by atoms with Crippen molar-refractivity contribution in [2.24, 2.45) is 5.73 Å². The zero-order chi connectivity index (χ0) is 26.3. The molecule has 3 amide bonds. The molecular formula is C25H24Cl2N4O4S. The van der Waals surface area contributed by atoms with Gasteiger partial charge in [-0.3, -0.25) is 4.79 Å². The van der Waals surface area contributed by atoms with Crippen LogP contribution < -0.4 is 16.4 Å². The van der Waals surface area contributed by atoms with Gasteiger partial charge in [-0.25, -0.2) is 13.2 Å². The molecule has 1 aliphatic rings. The van der Waals surface area contributed by atoms with Gasteiger partial charge in [-0.1, -0.05) is 41.4 Å². The Bertz CT molecular complexity index is 1460. The molecule has 3 aromatic carbocycles. The molecule has 0 saturated heterocycles. The lowest BCUT2D eigenvalue weighted by molar-refractivity contribution is -0.119. The van der Waals surface area contributed by atoms with E-state index >= 15 is 0 Å². The lowest BCUT2D eigenvalue weighted by atomic mass is 9.85. The molecule has 0 saturated carbocycles. The van der Waals surface area contributed by atoms with E-state index in [1.165, 1.54) is 36.4 Å². The number of halogens is 2. The van der Waals surface area contributed by atoms with E-state index in [2.05, 4.69) is 10.6 Å². The van der Waals surface area contributed by atoms with Crippen LogP contribution >= 0.6 is 23.2 Å². The number of benzene rings is 3. The van der Waals surface area contributed by atoms with Crippen LogP contribution in [0.1, 0.15) is 25.0 Å². The van der Waals surface area contributed by atoms with Crippen molar-refractivity contribution in [2.45, 2.75) is 29.2 Å². The number of fused-ring (bicyclic) bond motifs is 1. The maximum Gasteiger partial charge on any atom is 0.321 e. The molecule has 0 aliphatic carbocycles. The third-order valence-corrected chi connectivity index (χ3v) is 8.48. The van der Waals surface area contributed by atoms with Gasteiger partial charge in [0.05, 0.1) is 15.5 Å². The highest BCUT2D eigenvalue weighted by molar-refractivity contribution is 7.91. The molecule has 0 bridgehead atoms. The minimum Gasteiger partial charge on any atom is -0.325 e. The maximum absolute atomic E-state index is 13.6. The summed E-state index contributed by atoms with van der Waals surface area (Å²) in [6.07, 6.45) is 0. The zero-order valence-corrected chi connectivity index (χ0v) is 21.8. The Balaban J connectivity index is 1.75. The van der Waals surface area contributed by atoms with Crippen LogP contribution in [0, 0.1) is 0 Å². The first-order chi connectivity index (χ1) is 17.0. The predicted octanol–water partition coefficient (Wildman–Crippen LogP) is 4.85. The normalized spacial score (nSPS) is 16.9. The summed E-state index contributed by atoms with van der Waals surface area (Å²) in [5.74, 6) is -0.626. The van der Waals surface area contributed by atoms with Gasteiger partial charge in [0.1, 0.15) is 0 Å². The zero-order valence-electron chi connectivity index (χ0n) is 19.5. The van der Waals surface area contributed by atoms with E-state index in [4.69, 9.17) is 28.9 Å².